The number of aliphatic hydroxyl groups is 1. The highest BCUT2D eigenvalue weighted by molar-refractivity contribution is 6.62. The molecule has 0 unspecified atom stereocenters. The number of aromatic nitrogens is 2. The van der Waals surface area contributed by atoms with Crippen molar-refractivity contribution < 1.29 is 24.3 Å². The van der Waals surface area contributed by atoms with Gasteiger partial charge in [-0.2, -0.15) is 0 Å². The van der Waals surface area contributed by atoms with Gasteiger partial charge in [-0.1, -0.05) is 12.1 Å². The van der Waals surface area contributed by atoms with Crippen LogP contribution in [0.1, 0.15) is 21.6 Å². The summed E-state index contributed by atoms with van der Waals surface area (Å²) in [7, 11) is -0.963. The first-order valence-electron chi connectivity index (χ1n) is 7.99. The summed E-state index contributed by atoms with van der Waals surface area (Å²) in [4.78, 5) is 20.1. The Balaban J connectivity index is 1.73. The fraction of sp³-hybridized carbons (Fsp3) is 0.235. The molecule has 2 heterocycles. The summed E-state index contributed by atoms with van der Waals surface area (Å²) in [6.07, 6.45) is 4.04. The van der Waals surface area contributed by atoms with Crippen molar-refractivity contribution in [3.63, 3.8) is 0 Å². The number of amides is 1. The molecule has 134 valence electrons. The molecule has 8 nitrogen and oxygen atoms in total. The van der Waals surface area contributed by atoms with Gasteiger partial charge >= 0.3 is 7.12 Å². The Morgan fingerprint density at radius 2 is 2.31 bits per heavy atom. The number of rotatable bonds is 6. The molecule has 0 bridgehead atoms. The number of fused-ring (bicyclic) bond motifs is 1. The van der Waals surface area contributed by atoms with E-state index >= 15 is 0 Å². The van der Waals surface area contributed by atoms with Crippen molar-refractivity contribution in [2.75, 3.05) is 6.61 Å². The molecule has 9 heteroatoms. The van der Waals surface area contributed by atoms with Crippen LogP contribution in [0.15, 0.2) is 37.2 Å². The van der Waals surface area contributed by atoms with Crippen molar-refractivity contribution in [2.24, 2.45) is 0 Å². The van der Waals surface area contributed by atoms with Crippen LogP contribution in [0, 0.1) is 6.92 Å². The van der Waals surface area contributed by atoms with Gasteiger partial charge in [0.25, 0.3) is 5.91 Å². The first-order chi connectivity index (χ1) is 12.5. The third-order valence-electron chi connectivity index (χ3n) is 4.07. The summed E-state index contributed by atoms with van der Waals surface area (Å²) in [5.74, 6) is 0.254. The largest absolute Gasteiger partial charge is 0.492 e. The van der Waals surface area contributed by atoms with Gasteiger partial charge in [0.1, 0.15) is 11.4 Å². The van der Waals surface area contributed by atoms with Gasteiger partial charge in [0.05, 0.1) is 31.6 Å². The van der Waals surface area contributed by atoms with Gasteiger partial charge in [0.2, 0.25) is 5.88 Å². The smallest absolute Gasteiger partial charge is 0.437 e. The summed E-state index contributed by atoms with van der Waals surface area (Å²) in [6, 6.07) is 3.05. The molecule has 0 fully saturated rings. The second-order valence-electron chi connectivity index (χ2n) is 5.77. The van der Waals surface area contributed by atoms with Crippen molar-refractivity contribution >= 4 is 18.5 Å². The lowest BCUT2D eigenvalue weighted by Gasteiger charge is -2.12. The standard InChI is InChI=1S/C17H18BN3O5/c1-3-12(8-22)21-17(23)13-6-20-15(7-19-13)26-14-5-4-11-9-25-18(24)16(11)10(14)2/h3-7,12,22,24H,1,8-9H2,2H3,(H,21,23)/t12-/m1/s1. The maximum atomic E-state index is 12.0. The maximum absolute atomic E-state index is 12.0. The van der Waals surface area contributed by atoms with Gasteiger partial charge in [0, 0.05) is 0 Å². The number of carbonyl (C=O) groups excluding carboxylic acids is 1. The summed E-state index contributed by atoms with van der Waals surface area (Å²) < 4.78 is 10.9. The molecule has 1 amide bonds. The summed E-state index contributed by atoms with van der Waals surface area (Å²) in [5, 5.41) is 21.5. The Morgan fingerprint density at radius 1 is 1.50 bits per heavy atom. The molecule has 0 saturated carbocycles. The van der Waals surface area contributed by atoms with Crippen molar-refractivity contribution in [1.82, 2.24) is 15.3 Å². The molecule has 26 heavy (non-hydrogen) atoms. The third-order valence-corrected chi connectivity index (χ3v) is 4.07. The fourth-order valence-electron chi connectivity index (χ4n) is 2.62. The van der Waals surface area contributed by atoms with Crippen molar-refractivity contribution in [2.45, 2.75) is 19.6 Å². The van der Waals surface area contributed by atoms with Crippen LogP contribution in [0.2, 0.25) is 0 Å². The van der Waals surface area contributed by atoms with Crippen LogP contribution in [-0.2, 0) is 11.3 Å². The summed E-state index contributed by atoms with van der Waals surface area (Å²) in [6.45, 7) is 5.45. The van der Waals surface area contributed by atoms with Crippen LogP contribution in [0.5, 0.6) is 11.6 Å². The monoisotopic (exact) mass is 355 g/mol. The molecule has 0 spiro atoms. The van der Waals surface area contributed by atoms with Crippen molar-refractivity contribution in [3.8, 4) is 11.6 Å². The molecule has 0 radical (unpaired) electrons. The van der Waals surface area contributed by atoms with Gasteiger partial charge in [0.15, 0.2) is 0 Å². The molecule has 0 saturated heterocycles. The topological polar surface area (TPSA) is 114 Å². The number of nitrogens with zero attached hydrogens (tertiary/aromatic N) is 2. The Morgan fingerprint density at radius 3 is 2.96 bits per heavy atom. The van der Waals surface area contributed by atoms with E-state index < -0.39 is 19.1 Å². The molecule has 1 atom stereocenters. The normalized spacial score (nSPS) is 13.9. The Hall–Kier alpha value is -2.75. The molecule has 1 aromatic carbocycles. The molecule has 0 aliphatic carbocycles. The maximum Gasteiger partial charge on any atom is 0.492 e. The third kappa shape index (κ3) is 3.59. The zero-order chi connectivity index (χ0) is 18.7. The van der Waals surface area contributed by atoms with Crippen LogP contribution in [0.25, 0.3) is 0 Å². The second-order valence-corrected chi connectivity index (χ2v) is 5.77. The second kappa shape index (κ2) is 7.65. The minimum atomic E-state index is -0.963. The van der Waals surface area contributed by atoms with E-state index in [1.54, 1.807) is 6.07 Å². The molecule has 3 N–H and O–H groups in total. The first-order valence-corrected chi connectivity index (χ1v) is 7.99. The lowest BCUT2D eigenvalue weighted by atomic mass is 9.76. The van der Waals surface area contributed by atoms with Gasteiger partial charge in [-0.05, 0) is 29.6 Å². The first kappa shape index (κ1) is 18.1. The molecular formula is C17H18BN3O5. The number of nitrogens with one attached hydrogen (secondary N) is 1. The highest BCUT2D eigenvalue weighted by atomic mass is 16.5. The summed E-state index contributed by atoms with van der Waals surface area (Å²) in [5.41, 5.74) is 2.46. The Bertz CT molecular complexity index is 828. The van der Waals surface area contributed by atoms with Gasteiger partial charge in [-0.25, -0.2) is 9.97 Å². The average Bonchev–Trinajstić information content (AvgIpc) is 3.04. The van der Waals surface area contributed by atoms with E-state index in [-0.39, 0.29) is 18.2 Å². The number of hydrogen-bond donors (Lipinski definition) is 3. The van der Waals surface area contributed by atoms with Gasteiger partial charge in [-0.3, -0.25) is 4.79 Å². The molecular weight excluding hydrogens is 337 g/mol. The van der Waals surface area contributed by atoms with E-state index in [1.807, 2.05) is 13.0 Å². The zero-order valence-electron chi connectivity index (χ0n) is 14.2. The zero-order valence-corrected chi connectivity index (χ0v) is 14.2. The molecule has 1 aromatic heterocycles. The lowest BCUT2D eigenvalue weighted by molar-refractivity contribution is 0.0924. The van der Waals surface area contributed by atoms with E-state index in [0.717, 1.165) is 11.1 Å². The SMILES string of the molecule is C=C[C@H](CO)NC(=O)c1cnc(Oc2ccc3c(c2C)B(O)OC3)cn1. The van der Waals surface area contributed by atoms with E-state index in [1.165, 1.54) is 18.5 Å². The van der Waals surface area contributed by atoms with E-state index in [2.05, 4.69) is 21.9 Å². The number of carbonyl (C=O) groups is 1. The lowest BCUT2D eigenvalue weighted by Crippen LogP contribution is -2.36. The molecule has 2 aromatic rings. The number of hydrogen-bond acceptors (Lipinski definition) is 7. The van der Waals surface area contributed by atoms with E-state index in [4.69, 9.17) is 14.5 Å². The minimum Gasteiger partial charge on any atom is -0.437 e. The van der Waals surface area contributed by atoms with Gasteiger partial charge in [-0.15, -0.1) is 6.58 Å². The van der Waals surface area contributed by atoms with Crippen LogP contribution < -0.4 is 15.5 Å². The molecule has 3 rings (SSSR count). The van der Waals surface area contributed by atoms with Crippen molar-refractivity contribution in [1.29, 1.82) is 0 Å². The minimum absolute atomic E-state index is 0.0900. The van der Waals surface area contributed by atoms with Crippen LogP contribution in [0.4, 0.5) is 0 Å². The molecule has 1 aliphatic heterocycles. The number of benzene rings is 1. The van der Waals surface area contributed by atoms with E-state index in [9.17, 15) is 9.82 Å². The van der Waals surface area contributed by atoms with Crippen LogP contribution in [0.3, 0.4) is 0 Å². The fourth-order valence-corrected chi connectivity index (χ4v) is 2.62. The predicted molar refractivity (Wildman–Crippen MR) is 94.2 cm³/mol. The number of aliphatic hydroxyl groups excluding tert-OH is 1. The number of ether oxygens (including phenoxy) is 1. The quantitative estimate of drug-likeness (QED) is 0.496. The van der Waals surface area contributed by atoms with Crippen LogP contribution >= 0.6 is 0 Å². The Kier molecular flexibility index (Phi) is 5.31. The predicted octanol–water partition coefficient (Wildman–Crippen LogP) is 0.0717. The van der Waals surface area contributed by atoms with Crippen LogP contribution in [-0.4, -0.2) is 45.8 Å². The average molecular weight is 355 g/mol. The van der Waals surface area contributed by atoms with E-state index in [0.29, 0.717) is 17.8 Å². The highest BCUT2D eigenvalue weighted by Gasteiger charge is 2.30. The summed E-state index contributed by atoms with van der Waals surface area (Å²) >= 11 is 0. The highest BCUT2D eigenvalue weighted by Crippen LogP contribution is 2.25. The van der Waals surface area contributed by atoms with Crippen molar-refractivity contribution in [3.05, 3.63) is 54.0 Å². The molecule has 1 aliphatic rings. The van der Waals surface area contributed by atoms with Gasteiger partial charge < -0.3 is 24.8 Å². The Labute approximate surface area is 150 Å².